The quantitative estimate of drug-likeness (QED) is 0.897. The third-order valence-corrected chi connectivity index (χ3v) is 3.57. The Bertz CT molecular complexity index is 442. The van der Waals surface area contributed by atoms with E-state index >= 15 is 0 Å². The molecule has 0 radical (unpaired) electrons. The van der Waals surface area contributed by atoms with Crippen LogP contribution in [0.25, 0.3) is 0 Å². The van der Waals surface area contributed by atoms with Crippen LogP contribution in [0, 0.1) is 17.2 Å². The lowest BCUT2D eigenvalue weighted by Crippen LogP contribution is -2.27. The van der Waals surface area contributed by atoms with Crippen LogP contribution in [0.4, 0.5) is 0 Å². The minimum Gasteiger partial charge on any atom is -0.489 e. The second-order valence-corrected chi connectivity index (χ2v) is 4.71. The van der Waals surface area contributed by atoms with Gasteiger partial charge in [0.05, 0.1) is 5.02 Å². The van der Waals surface area contributed by atoms with Gasteiger partial charge in [0.25, 0.3) is 0 Å². The second-order valence-electron chi connectivity index (χ2n) is 4.31. The maximum Gasteiger partial charge on any atom is 0.139 e. The number of ether oxygens (including phenoxy) is 1. The Balaban J connectivity index is 2.19. The predicted molar refractivity (Wildman–Crippen MR) is 67.0 cm³/mol. The summed E-state index contributed by atoms with van der Waals surface area (Å²) in [6.07, 6.45) is 3.35. The molecule has 1 aromatic rings. The van der Waals surface area contributed by atoms with Gasteiger partial charge in [-0.2, -0.15) is 5.26 Å². The molecule has 1 aromatic carbocycles. The molecule has 1 aliphatic rings. The van der Waals surface area contributed by atoms with Crippen molar-refractivity contribution in [3.05, 3.63) is 28.8 Å². The van der Waals surface area contributed by atoms with Gasteiger partial charge in [0.1, 0.15) is 23.5 Å². The van der Waals surface area contributed by atoms with E-state index in [0.29, 0.717) is 28.8 Å². The summed E-state index contributed by atoms with van der Waals surface area (Å²) in [7, 11) is 0. The molecule has 4 heteroatoms. The molecule has 0 aromatic heterocycles. The molecular weight excluding hydrogens is 236 g/mol. The van der Waals surface area contributed by atoms with Crippen molar-refractivity contribution in [2.75, 3.05) is 6.54 Å². The van der Waals surface area contributed by atoms with Crippen LogP contribution in [0.15, 0.2) is 18.2 Å². The lowest BCUT2D eigenvalue weighted by molar-refractivity contribution is 0.162. The molecule has 3 nitrogen and oxygen atoms in total. The van der Waals surface area contributed by atoms with Gasteiger partial charge in [0.15, 0.2) is 0 Å². The maximum absolute atomic E-state index is 9.06. The second kappa shape index (κ2) is 5.39. The van der Waals surface area contributed by atoms with Crippen LogP contribution in [0.5, 0.6) is 5.75 Å². The fourth-order valence-corrected chi connectivity index (χ4v) is 2.51. The fourth-order valence-electron chi connectivity index (χ4n) is 2.30. The molecule has 0 bridgehead atoms. The van der Waals surface area contributed by atoms with Gasteiger partial charge in [0, 0.05) is 5.92 Å². The van der Waals surface area contributed by atoms with Gasteiger partial charge in [-0.3, -0.25) is 0 Å². The number of nitriles is 1. The Kier molecular flexibility index (Phi) is 3.88. The number of nitrogens with two attached hydrogens (primary N) is 1. The summed E-state index contributed by atoms with van der Waals surface area (Å²) >= 11 is 5.96. The molecule has 0 saturated heterocycles. The van der Waals surface area contributed by atoms with E-state index in [1.165, 1.54) is 0 Å². The van der Waals surface area contributed by atoms with Crippen molar-refractivity contribution < 1.29 is 4.74 Å². The molecule has 1 saturated carbocycles. The average Bonchev–Trinajstić information content (AvgIpc) is 2.77. The Labute approximate surface area is 106 Å². The van der Waals surface area contributed by atoms with Gasteiger partial charge >= 0.3 is 0 Å². The zero-order chi connectivity index (χ0) is 12.3. The highest BCUT2D eigenvalue weighted by atomic mass is 35.5. The number of nitrogens with zero attached hydrogens (tertiary/aromatic N) is 1. The van der Waals surface area contributed by atoms with Gasteiger partial charge < -0.3 is 10.5 Å². The van der Waals surface area contributed by atoms with Crippen LogP contribution in [-0.4, -0.2) is 12.6 Å². The van der Waals surface area contributed by atoms with E-state index in [1.54, 1.807) is 18.2 Å². The van der Waals surface area contributed by atoms with Gasteiger partial charge in [-0.15, -0.1) is 0 Å². The predicted octanol–water partition coefficient (Wildman–Crippen LogP) is 2.72. The zero-order valence-electron chi connectivity index (χ0n) is 9.53. The Hall–Kier alpha value is -1.24. The van der Waals surface area contributed by atoms with E-state index < -0.39 is 0 Å². The molecule has 1 aliphatic carbocycles. The normalized spacial score (nSPS) is 23.4. The zero-order valence-corrected chi connectivity index (χ0v) is 10.3. The average molecular weight is 251 g/mol. The van der Waals surface area contributed by atoms with Crippen LogP contribution < -0.4 is 10.5 Å². The molecule has 1 fully saturated rings. The molecule has 0 aliphatic heterocycles. The van der Waals surface area contributed by atoms with Gasteiger partial charge in [-0.05, 0) is 37.9 Å². The molecule has 0 amide bonds. The molecule has 90 valence electrons. The number of hydrogen-bond donors (Lipinski definition) is 1. The first-order valence-electron chi connectivity index (χ1n) is 5.81. The summed E-state index contributed by atoms with van der Waals surface area (Å²) in [6, 6.07) is 7.36. The molecular formula is C13H15ClN2O. The highest BCUT2D eigenvalue weighted by molar-refractivity contribution is 6.31. The minimum atomic E-state index is 0.116. The topological polar surface area (TPSA) is 59.0 Å². The number of rotatable bonds is 3. The SMILES string of the molecule is N#Cc1c(Cl)cccc1OC1CCCC1CN. The Morgan fingerprint density at radius 2 is 2.29 bits per heavy atom. The van der Waals surface area contributed by atoms with E-state index in [4.69, 9.17) is 27.3 Å². The number of benzene rings is 1. The summed E-state index contributed by atoms with van der Waals surface area (Å²) in [5.41, 5.74) is 6.12. The third kappa shape index (κ3) is 2.54. The standard InChI is InChI=1S/C13H15ClN2O/c14-11-4-2-6-13(10(11)8-16)17-12-5-1-3-9(12)7-15/h2,4,6,9,12H,1,3,5,7,15H2. The number of hydrogen-bond acceptors (Lipinski definition) is 3. The Morgan fingerprint density at radius 1 is 1.47 bits per heavy atom. The molecule has 2 atom stereocenters. The van der Waals surface area contributed by atoms with Crippen LogP contribution in [0.3, 0.4) is 0 Å². The summed E-state index contributed by atoms with van der Waals surface area (Å²) < 4.78 is 5.89. The van der Waals surface area contributed by atoms with Crippen molar-refractivity contribution in [1.29, 1.82) is 5.26 Å². The van der Waals surface area contributed by atoms with Gasteiger partial charge in [-0.1, -0.05) is 17.7 Å². The molecule has 2 rings (SSSR count). The maximum atomic E-state index is 9.06. The van der Waals surface area contributed by atoms with Gasteiger partial charge in [-0.25, -0.2) is 0 Å². The molecule has 17 heavy (non-hydrogen) atoms. The lowest BCUT2D eigenvalue weighted by atomic mass is 10.1. The minimum absolute atomic E-state index is 0.116. The van der Waals surface area contributed by atoms with E-state index in [-0.39, 0.29) is 6.10 Å². The largest absolute Gasteiger partial charge is 0.489 e. The fraction of sp³-hybridized carbons (Fsp3) is 0.462. The molecule has 0 spiro atoms. The summed E-state index contributed by atoms with van der Waals surface area (Å²) in [5.74, 6) is 0.964. The number of halogens is 1. The third-order valence-electron chi connectivity index (χ3n) is 3.26. The first kappa shape index (κ1) is 12.2. The van der Waals surface area contributed by atoms with E-state index in [2.05, 4.69) is 6.07 Å². The molecule has 0 heterocycles. The molecule has 2 N–H and O–H groups in total. The highest BCUT2D eigenvalue weighted by Gasteiger charge is 2.28. The van der Waals surface area contributed by atoms with Crippen LogP contribution in [0.2, 0.25) is 5.02 Å². The van der Waals surface area contributed by atoms with Crippen LogP contribution in [0.1, 0.15) is 24.8 Å². The first-order chi connectivity index (χ1) is 8.26. The Morgan fingerprint density at radius 3 is 3.00 bits per heavy atom. The van der Waals surface area contributed by atoms with Crippen LogP contribution in [-0.2, 0) is 0 Å². The van der Waals surface area contributed by atoms with Crippen molar-refractivity contribution in [3.8, 4) is 11.8 Å². The van der Waals surface area contributed by atoms with Crippen molar-refractivity contribution in [2.45, 2.75) is 25.4 Å². The highest BCUT2D eigenvalue weighted by Crippen LogP contribution is 2.32. The van der Waals surface area contributed by atoms with Crippen molar-refractivity contribution in [1.82, 2.24) is 0 Å². The van der Waals surface area contributed by atoms with Gasteiger partial charge in [0.2, 0.25) is 0 Å². The van der Waals surface area contributed by atoms with Crippen molar-refractivity contribution >= 4 is 11.6 Å². The smallest absolute Gasteiger partial charge is 0.139 e. The summed E-state index contributed by atoms with van der Waals surface area (Å²) in [4.78, 5) is 0. The summed E-state index contributed by atoms with van der Waals surface area (Å²) in [5, 5.41) is 9.49. The molecule has 2 unspecified atom stereocenters. The first-order valence-corrected chi connectivity index (χ1v) is 6.19. The van der Waals surface area contributed by atoms with Crippen molar-refractivity contribution in [2.24, 2.45) is 11.7 Å². The van der Waals surface area contributed by atoms with Crippen molar-refractivity contribution in [3.63, 3.8) is 0 Å². The lowest BCUT2D eigenvalue weighted by Gasteiger charge is -2.20. The van der Waals surface area contributed by atoms with E-state index in [1.807, 2.05) is 0 Å². The monoisotopic (exact) mass is 250 g/mol. The summed E-state index contributed by atoms with van der Waals surface area (Å²) in [6.45, 7) is 0.632. The van der Waals surface area contributed by atoms with E-state index in [0.717, 1.165) is 19.3 Å². The van der Waals surface area contributed by atoms with Crippen LogP contribution >= 0.6 is 11.6 Å². The van der Waals surface area contributed by atoms with E-state index in [9.17, 15) is 0 Å².